The van der Waals surface area contributed by atoms with Gasteiger partial charge >= 0.3 is 5.97 Å². The summed E-state index contributed by atoms with van der Waals surface area (Å²) >= 11 is 0. The average molecular weight is 494 g/mol. The van der Waals surface area contributed by atoms with Crippen LogP contribution in [-0.2, 0) is 11.4 Å². The topological polar surface area (TPSA) is 77.8 Å². The van der Waals surface area contributed by atoms with E-state index < -0.39 is 23.0 Å². The number of nitrogens with zero attached hydrogens (tertiary/aromatic N) is 1. The van der Waals surface area contributed by atoms with Crippen LogP contribution in [-0.4, -0.2) is 28.7 Å². The number of hydrogen-bond donors (Lipinski definition) is 1. The highest BCUT2D eigenvalue weighted by molar-refractivity contribution is 5.95. The predicted molar refractivity (Wildman–Crippen MR) is 131 cm³/mol. The third-order valence-electron chi connectivity index (χ3n) is 6.07. The lowest BCUT2D eigenvalue weighted by atomic mass is 9.89. The number of rotatable bonds is 8. The molecule has 6 nitrogen and oxygen atoms in total. The standard InChI is InChI=1S/C28H25F2NO5/c1-28(2,27(33)34)15-26(32)31-12-11-20-18(5-4-6-24(20)31)16-36-19-9-7-17(8-10-19)21-13-22(29)23(30)14-25(21)35-3/h4-14H,15-16H2,1-3H3,(H,33,34). The first-order valence-corrected chi connectivity index (χ1v) is 11.2. The summed E-state index contributed by atoms with van der Waals surface area (Å²) in [4.78, 5) is 24.2. The minimum atomic E-state index is -1.18. The molecule has 8 heteroatoms. The van der Waals surface area contributed by atoms with E-state index in [2.05, 4.69) is 0 Å². The van der Waals surface area contributed by atoms with E-state index >= 15 is 0 Å². The minimum Gasteiger partial charge on any atom is -0.496 e. The van der Waals surface area contributed by atoms with Gasteiger partial charge in [-0.2, -0.15) is 0 Å². The largest absolute Gasteiger partial charge is 0.496 e. The number of carbonyl (C=O) groups is 2. The highest BCUT2D eigenvalue weighted by atomic mass is 19.2. The van der Waals surface area contributed by atoms with Gasteiger partial charge in [-0.25, -0.2) is 8.78 Å². The van der Waals surface area contributed by atoms with E-state index in [1.54, 1.807) is 42.6 Å². The molecule has 1 N–H and O–H groups in total. The number of aliphatic carboxylic acids is 1. The first-order valence-electron chi connectivity index (χ1n) is 11.2. The molecule has 0 aliphatic carbocycles. The highest BCUT2D eigenvalue weighted by Gasteiger charge is 2.31. The zero-order chi connectivity index (χ0) is 26.0. The third kappa shape index (κ3) is 4.93. The minimum absolute atomic E-state index is 0.137. The highest BCUT2D eigenvalue weighted by Crippen LogP contribution is 2.33. The number of benzene rings is 3. The number of carboxylic acids is 1. The van der Waals surface area contributed by atoms with Gasteiger partial charge in [0.15, 0.2) is 11.6 Å². The molecule has 0 unspecified atom stereocenters. The fourth-order valence-corrected chi connectivity index (χ4v) is 3.93. The molecule has 3 aromatic carbocycles. The number of aromatic nitrogens is 1. The number of halogens is 2. The number of hydrogen-bond acceptors (Lipinski definition) is 4. The van der Waals surface area contributed by atoms with Crippen molar-refractivity contribution in [1.29, 1.82) is 0 Å². The number of ether oxygens (including phenoxy) is 2. The third-order valence-corrected chi connectivity index (χ3v) is 6.07. The predicted octanol–water partition coefficient (Wildman–Crippen LogP) is 6.32. The molecule has 1 heterocycles. The van der Waals surface area contributed by atoms with Crippen LogP contribution in [0.15, 0.2) is 66.9 Å². The Labute approximate surface area is 206 Å². The Hall–Kier alpha value is -4.20. The van der Waals surface area contributed by atoms with Crippen molar-refractivity contribution >= 4 is 22.8 Å². The van der Waals surface area contributed by atoms with Crippen molar-refractivity contribution in [1.82, 2.24) is 4.57 Å². The normalized spacial score (nSPS) is 11.5. The van der Waals surface area contributed by atoms with Crippen LogP contribution >= 0.6 is 0 Å². The Morgan fingerprint density at radius 3 is 2.36 bits per heavy atom. The molecule has 0 bridgehead atoms. The van der Waals surface area contributed by atoms with Gasteiger partial charge in [-0.3, -0.25) is 14.2 Å². The van der Waals surface area contributed by atoms with E-state index in [-0.39, 0.29) is 24.7 Å². The molecule has 0 aliphatic rings. The molecule has 0 atom stereocenters. The van der Waals surface area contributed by atoms with Crippen LogP contribution in [0.25, 0.3) is 22.0 Å². The molecule has 4 aromatic rings. The second-order valence-electron chi connectivity index (χ2n) is 9.07. The second kappa shape index (κ2) is 9.81. The lowest BCUT2D eigenvalue weighted by Gasteiger charge is -2.18. The van der Waals surface area contributed by atoms with Crippen molar-refractivity contribution in [3.63, 3.8) is 0 Å². The van der Waals surface area contributed by atoms with Crippen LogP contribution in [0.1, 0.15) is 30.6 Å². The number of methoxy groups -OCH3 is 1. The molecule has 4 rings (SSSR count). The van der Waals surface area contributed by atoms with Gasteiger partial charge in [-0.1, -0.05) is 24.3 Å². The summed E-state index contributed by atoms with van der Waals surface area (Å²) in [5, 5.41) is 10.2. The summed E-state index contributed by atoms with van der Waals surface area (Å²) in [6.07, 6.45) is 1.50. The first-order chi connectivity index (χ1) is 17.1. The Morgan fingerprint density at radius 2 is 1.69 bits per heavy atom. The molecule has 0 radical (unpaired) electrons. The molecule has 186 valence electrons. The van der Waals surface area contributed by atoms with Crippen molar-refractivity contribution < 1.29 is 33.0 Å². The number of fused-ring (bicyclic) bond motifs is 1. The van der Waals surface area contributed by atoms with E-state index in [9.17, 15) is 23.5 Å². The quantitative estimate of drug-likeness (QED) is 0.311. The van der Waals surface area contributed by atoms with Crippen molar-refractivity contribution in [3.05, 3.63) is 84.1 Å². The molecular weight excluding hydrogens is 468 g/mol. The van der Waals surface area contributed by atoms with Gasteiger partial charge in [-0.05, 0) is 55.3 Å². The molecule has 0 spiro atoms. The maximum absolute atomic E-state index is 13.8. The van der Waals surface area contributed by atoms with Crippen LogP contribution < -0.4 is 9.47 Å². The number of carboxylic acid groups (broad SMARTS) is 1. The molecular formula is C28H25F2NO5. The zero-order valence-corrected chi connectivity index (χ0v) is 20.0. The van der Waals surface area contributed by atoms with Crippen LogP contribution in [0.2, 0.25) is 0 Å². The summed E-state index contributed by atoms with van der Waals surface area (Å²) < 4.78 is 39.9. The van der Waals surface area contributed by atoms with E-state index in [1.807, 2.05) is 12.1 Å². The molecule has 0 saturated carbocycles. The molecule has 0 saturated heterocycles. The fourth-order valence-electron chi connectivity index (χ4n) is 3.93. The molecule has 0 amide bonds. The summed E-state index contributed by atoms with van der Waals surface area (Å²) in [6, 6.07) is 16.3. The Kier molecular flexibility index (Phi) is 6.79. The van der Waals surface area contributed by atoms with E-state index in [1.165, 1.54) is 25.5 Å². The summed E-state index contributed by atoms with van der Waals surface area (Å²) in [5.74, 6) is -2.49. The van der Waals surface area contributed by atoms with Crippen LogP contribution in [0.5, 0.6) is 11.5 Å². The molecule has 0 fully saturated rings. The first kappa shape index (κ1) is 24.9. The van der Waals surface area contributed by atoms with Crippen LogP contribution in [0.4, 0.5) is 8.78 Å². The average Bonchev–Trinajstić information content (AvgIpc) is 3.29. The Balaban J connectivity index is 1.51. The van der Waals surface area contributed by atoms with Crippen molar-refractivity contribution in [3.8, 4) is 22.6 Å². The van der Waals surface area contributed by atoms with E-state index in [4.69, 9.17) is 9.47 Å². The van der Waals surface area contributed by atoms with Gasteiger partial charge in [0.2, 0.25) is 5.91 Å². The Bertz CT molecular complexity index is 1440. The molecule has 1 aromatic heterocycles. The van der Waals surface area contributed by atoms with Crippen molar-refractivity contribution in [2.45, 2.75) is 26.9 Å². The fraction of sp³-hybridized carbons (Fsp3) is 0.214. The summed E-state index contributed by atoms with van der Waals surface area (Å²) in [6.45, 7) is 3.27. The maximum Gasteiger partial charge on any atom is 0.309 e. The summed E-state index contributed by atoms with van der Waals surface area (Å²) in [5.41, 5.74) is 1.40. The zero-order valence-electron chi connectivity index (χ0n) is 20.0. The monoisotopic (exact) mass is 493 g/mol. The van der Waals surface area contributed by atoms with E-state index in [0.29, 0.717) is 22.4 Å². The van der Waals surface area contributed by atoms with Gasteiger partial charge in [0.05, 0.1) is 18.0 Å². The van der Waals surface area contributed by atoms with Crippen molar-refractivity contribution in [2.24, 2.45) is 5.41 Å². The van der Waals surface area contributed by atoms with Gasteiger partial charge < -0.3 is 14.6 Å². The number of carbonyl (C=O) groups excluding carboxylic acids is 1. The van der Waals surface area contributed by atoms with Gasteiger partial charge in [-0.15, -0.1) is 0 Å². The van der Waals surface area contributed by atoms with E-state index in [0.717, 1.165) is 23.1 Å². The Morgan fingerprint density at radius 1 is 1.00 bits per heavy atom. The van der Waals surface area contributed by atoms with Gasteiger partial charge in [0, 0.05) is 29.6 Å². The lowest BCUT2D eigenvalue weighted by molar-refractivity contribution is -0.146. The van der Waals surface area contributed by atoms with Gasteiger partial charge in [0.1, 0.15) is 18.1 Å². The summed E-state index contributed by atoms with van der Waals surface area (Å²) in [7, 11) is 1.39. The maximum atomic E-state index is 13.8. The smallest absolute Gasteiger partial charge is 0.309 e. The SMILES string of the molecule is COc1cc(F)c(F)cc1-c1ccc(OCc2cccc3c2ccn3C(=O)CC(C)(C)C(=O)O)cc1. The van der Waals surface area contributed by atoms with Crippen LogP contribution in [0, 0.1) is 17.0 Å². The lowest BCUT2D eigenvalue weighted by Crippen LogP contribution is -2.28. The van der Waals surface area contributed by atoms with Gasteiger partial charge in [0.25, 0.3) is 0 Å². The molecule has 36 heavy (non-hydrogen) atoms. The second-order valence-corrected chi connectivity index (χ2v) is 9.07. The van der Waals surface area contributed by atoms with Crippen LogP contribution in [0.3, 0.4) is 0 Å². The molecule has 0 aliphatic heterocycles. The van der Waals surface area contributed by atoms with Crippen molar-refractivity contribution in [2.75, 3.05) is 7.11 Å².